The zero-order chi connectivity index (χ0) is 19.6. The number of benzene rings is 1. The number of hydrogen-bond acceptors (Lipinski definition) is 4. The van der Waals surface area contributed by atoms with Gasteiger partial charge in [0.05, 0.1) is 6.54 Å². The molecule has 0 saturated carbocycles. The van der Waals surface area contributed by atoms with Gasteiger partial charge in [-0.25, -0.2) is 0 Å². The SMILES string of the molecule is O=C1CNC[C@@H](C(=O)N2CCC3(CCC(=O)N(Cc4ccccc4)C3)CC2)N1. The lowest BCUT2D eigenvalue weighted by Crippen LogP contribution is -2.61. The quantitative estimate of drug-likeness (QED) is 0.796. The van der Waals surface area contributed by atoms with Crippen LogP contribution < -0.4 is 10.6 Å². The van der Waals surface area contributed by atoms with E-state index in [4.69, 9.17) is 0 Å². The fourth-order valence-electron chi connectivity index (χ4n) is 4.66. The zero-order valence-corrected chi connectivity index (χ0v) is 16.2. The Balaban J connectivity index is 1.35. The van der Waals surface area contributed by atoms with Crippen molar-refractivity contribution >= 4 is 17.7 Å². The van der Waals surface area contributed by atoms with Gasteiger partial charge in [-0.05, 0) is 30.2 Å². The number of carbonyl (C=O) groups is 3. The summed E-state index contributed by atoms with van der Waals surface area (Å²) in [7, 11) is 0. The largest absolute Gasteiger partial charge is 0.342 e. The standard InChI is InChI=1S/C21H28N4O3/c26-18-13-22-12-17(23-18)20(28)24-10-8-21(9-11-24)7-6-19(27)25(15-21)14-16-4-2-1-3-5-16/h1-5,17,22H,6-15H2,(H,23,26)/t17-/m0/s1. The van der Waals surface area contributed by atoms with Crippen LogP contribution in [0.15, 0.2) is 30.3 Å². The van der Waals surface area contributed by atoms with E-state index in [0.29, 0.717) is 32.6 Å². The summed E-state index contributed by atoms with van der Waals surface area (Å²) in [6, 6.07) is 9.65. The van der Waals surface area contributed by atoms with Crippen LogP contribution in [0.1, 0.15) is 31.2 Å². The minimum atomic E-state index is -0.460. The number of piperazine rings is 1. The third-order valence-corrected chi connectivity index (χ3v) is 6.37. The maximum atomic E-state index is 12.7. The number of carbonyl (C=O) groups excluding carboxylic acids is 3. The lowest BCUT2D eigenvalue weighted by molar-refractivity contribution is -0.144. The van der Waals surface area contributed by atoms with Gasteiger partial charge in [-0.2, -0.15) is 0 Å². The van der Waals surface area contributed by atoms with Gasteiger partial charge in [0, 0.05) is 39.1 Å². The first-order valence-electron chi connectivity index (χ1n) is 10.2. The van der Waals surface area contributed by atoms with Crippen molar-refractivity contribution in [2.75, 3.05) is 32.7 Å². The lowest BCUT2D eigenvalue weighted by atomic mass is 9.72. The van der Waals surface area contributed by atoms with E-state index in [1.807, 2.05) is 28.0 Å². The number of nitrogens with zero attached hydrogens (tertiary/aromatic N) is 2. The summed E-state index contributed by atoms with van der Waals surface area (Å²) in [5.74, 6) is 0.104. The molecule has 3 aliphatic rings. The zero-order valence-electron chi connectivity index (χ0n) is 16.2. The van der Waals surface area contributed by atoms with Gasteiger partial charge in [0.15, 0.2) is 0 Å². The Morgan fingerprint density at radius 3 is 2.57 bits per heavy atom. The molecule has 0 radical (unpaired) electrons. The molecule has 7 nitrogen and oxygen atoms in total. The molecule has 3 amide bonds. The van der Waals surface area contributed by atoms with Crippen LogP contribution in [0.4, 0.5) is 0 Å². The molecule has 28 heavy (non-hydrogen) atoms. The van der Waals surface area contributed by atoms with Crippen molar-refractivity contribution in [3.05, 3.63) is 35.9 Å². The van der Waals surface area contributed by atoms with Gasteiger partial charge in [0.25, 0.3) is 0 Å². The van der Waals surface area contributed by atoms with Crippen molar-refractivity contribution in [2.45, 2.75) is 38.3 Å². The topological polar surface area (TPSA) is 81.8 Å². The van der Waals surface area contributed by atoms with Gasteiger partial charge in [-0.3, -0.25) is 14.4 Å². The van der Waals surface area contributed by atoms with Crippen LogP contribution in [0.5, 0.6) is 0 Å². The van der Waals surface area contributed by atoms with Gasteiger partial charge in [-0.15, -0.1) is 0 Å². The molecule has 1 atom stereocenters. The molecule has 4 rings (SSSR count). The van der Waals surface area contributed by atoms with Crippen molar-refractivity contribution in [1.82, 2.24) is 20.4 Å². The highest BCUT2D eigenvalue weighted by Crippen LogP contribution is 2.40. The average Bonchev–Trinajstić information content (AvgIpc) is 2.72. The molecule has 0 bridgehead atoms. The number of rotatable bonds is 3. The summed E-state index contributed by atoms with van der Waals surface area (Å²) in [6.45, 7) is 3.58. The molecule has 0 unspecified atom stereocenters. The maximum Gasteiger partial charge on any atom is 0.246 e. The van der Waals surface area contributed by atoms with Crippen LogP contribution >= 0.6 is 0 Å². The minimum Gasteiger partial charge on any atom is -0.342 e. The van der Waals surface area contributed by atoms with E-state index in [0.717, 1.165) is 31.4 Å². The summed E-state index contributed by atoms with van der Waals surface area (Å²) < 4.78 is 0. The van der Waals surface area contributed by atoms with Gasteiger partial charge in [-0.1, -0.05) is 30.3 Å². The van der Waals surface area contributed by atoms with Crippen LogP contribution in [0.25, 0.3) is 0 Å². The van der Waals surface area contributed by atoms with Crippen molar-refractivity contribution in [2.24, 2.45) is 5.41 Å². The van der Waals surface area contributed by atoms with E-state index in [2.05, 4.69) is 22.8 Å². The number of amides is 3. The highest BCUT2D eigenvalue weighted by molar-refractivity contribution is 5.89. The van der Waals surface area contributed by atoms with Gasteiger partial charge < -0.3 is 20.4 Å². The van der Waals surface area contributed by atoms with E-state index in [1.54, 1.807) is 0 Å². The van der Waals surface area contributed by atoms with Crippen LogP contribution in [0, 0.1) is 5.41 Å². The van der Waals surface area contributed by atoms with E-state index in [9.17, 15) is 14.4 Å². The summed E-state index contributed by atoms with van der Waals surface area (Å²) in [5, 5.41) is 5.77. The summed E-state index contributed by atoms with van der Waals surface area (Å²) >= 11 is 0. The van der Waals surface area contributed by atoms with E-state index >= 15 is 0 Å². The van der Waals surface area contributed by atoms with Crippen molar-refractivity contribution in [3.63, 3.8) is 0 Å². The Hall–Kier alpha value is -2.41. The van der Waals surface area contributed by atoms with Crippen molar-refractivity contribution < 1.29 is 14.4 Å². The molecule has 2 N–H and O–H groups in total. The predicted molar refractivity (Wildman–Crippen MR) is 104 cm³/mol. The predicted octanol–water partition coefficient (Wildman–Crippen LogP) is 0.506. The van der Waals surface area contributed by atoms with Gasteiger partial charge in [0.1, 0.15) is 6.04 Å². The fourth-order valence-corrected chi connectivity index (χ4v) is 4.66. The molecule has 7 heteroatoms. The Morgan fingerprint density at radius 2 is 1.86 bits per heavy atom. The Morgan fingerprint density at radius 1 is 1.11 bits per heavy atom. The summed E-state index contributed by atoms with van der Waals surface area (Å²) in [6.07, 6.45) is 3.31. The number of nitrogens with one attached hydrogen (secondary N) is 2. The summed E-state index contributed by atoms with van der Waals surface area (Å²) in [5.41, 5.74) is 1.26. The third-order valence-electron chi connectivity index (χ3n) is 6.37. The molecule has 1 aromatic rings. The lowest BCUT2D eigenvalue weighted by Gasteiger charge is -2.48. The Kier molecular flexibility index (Phi) is 5.35. The number of likely N-dealkylation sites (tertiary alicyclic amines) is 2. The molecular formula is C21H28N4O3. The fraction of sp³-hybridized carbons (Fsp3) is 0.571. The smallest absolute Gasteiger partial charge is 0.246 e. The monoisotopic (exact) mass is 384 g/mol. The van der Waals surface area contributed by atoms with Gasteiger partial charge >= 0.3 is 0 Å². The first-order chi connectivity index (χ1) is 13.5. The Labute approximate surface area is 165 Å². The Bertz CT molecular complexity index is 743. The summed E-state index contributed by atoms with van der Waals surface area (Å²) in [4.78, 5) is 40.6. The van der Waals surface area contributed by atoms with Gasteiger partial charge in [0.2, 0.25) is 17.7 Å². The first-order valence-corrected chi connectivity index (χ1v) is 10.2. The second-order valence-electron chi connectivity index (χ2n) is 8.31. The highest BCUT2D eigenvalue weighted by Gasteiger charge is 2.42. The normalized spacial score (nSPS) is 24.9. The second-order valence-corrected chi connectivity index (χ2v) is 8.31. The number of hydrogen-bond donors (Lipinski definition) is 2. The molecule has 1 spiro atoms. The molecule has 0 aromatic heterocycles. The first kappa shape index (κ1) is 18.9. The third kappa shape index (κ3) is 4.04. The molecule has 3 heterocycles. The molecule has 1 aromatic carbocycles. The molecular weight excluding hydrogens is 356 g/mol. The minimum absolute atomic E-state index is 0.00317. The average molecular weight is 384 g/mol. The van der Waals surface area contributed by atoms with E-state index in [-0.39, 0.29) is 29.7 Å². The molecule has 3 fully saturated rings. The van der Waals surface area contributed by atoms with Crippen LogP contribution in [-0.2, 0) is 20.9 Å². The molecule has 3 aliphatic heterocycles. The van der Waals surface area contributed by atoms with Crippen LogP contribution in [-0.4, -0.2) is 66.3 Å². The van der Waals surface area contributed by atoms with Crippen molar-refractivity contribution in [1.29, 1.82) is 0 Å². The number of piperidine rings is 2. The molecule has 3 saturated heterocycles. The van der Waals surface area contributed by atoms with Crippen molar-refractivity contribution in [3.8, 4) is 0 Å². The van der Waals surface area contributed by atoms with Crippen LogP contribution in [0.2, 0.25) is 0 Å². The second kappa shape index (κ2) is 7.91. The maximum absolute atomic E-state index is 12.7. The highest BCUT2D eigenvalue weighted by atomic mass is 16.2. The molecule has 150 valence electrons. The van der Waals surface area contributed by atoms with Crippen LogP contribution in [0.3, 0.4) is 0 Å². The van der Waals surface area contributed by atoms with E-state index in [1.165, 1.54) is 0 Å². The van der Waals surface area contributed by atoms with E-state index < -0.39 is 6.04 Å². The molecule has 0 aliphatic carbocycles.